The topological polar surface area (TPSA) is 128 Å². The fourth-order valence-corrected chi connectivity index (χ4v) is 5.13. The van der Waals surface area contributed by atoms with Gasteiger partial charge in [-0.1, -0.05) is 23.7 Å². The summed E-state index contributed by atoms with van der Waals surface area (Å²) in [6, 6.07) is 12.3. The number of H-pyrrole nitrogens is 1. The van der Waals surface area contributed by atoms with Crippen LogP contribution in [-0.2, 0) is 4.79 Å². The van der Waals surface area contributed by atoms with Crippen LogP contribution in [-0.4, -0.2) is 39.0 Å². The van der Waals surface area contributed by atoms with Crippen LogP contribution in [0.4, 0.5) is 4.39 Å². The van der Waals surface area contributed by atoms with Crippen LogP contribution in [0.25, 0.3) is 0 Å². The Bertz CT molecular complexity index is 1550. The largest absolute Gasteiger partial charge is 0.450 e. The molecule has 1 saturated heterocycles. The second kappa shape index (κ2) is 11.5. The first-order chi connectivity index (χ1) is 18.9. The molecule has 1 aliphatic rings. The molecule has 2 N–H and O–H groups in total. The number of ether oxygens (including phenoxy) is 1. The number of rotatable bonds is 7. The van der Waals surface area contributed by atoms with Gasteiger partial charge in [0.15, 0.2) is 5.75 Å². The van der Waals surface area contributed by atoms with Crippen molar-refractivity contribution in [3.8, 4) is 17.6 Å². The van der Waals surface area contributed by atoms with Gasteiger partial charge in [-0.2, -0.15) is 10.4 Å². The number of benzene rings is 2. The molecule has 0 bridgehead atoms. The van der Waals surface area contributed by atoms with Crippen LogP contribution >= 0.6 is 11.6 Å². The smallest absolute Gasteiger partial charge is 0.307 e. The number of nitrogens with one attached hydrogen (secondary N) is 2. The number of hydrogen-bond acceptors (Lipinski definition) is 6. The van der Waals surface area contributed by atoms with Crippen molar-refractivity contribution in [1.82, 2.24) is 20.4 Å². The highest BCUT2D eigenvalue weighted by molar-refractivity contribution is 6.32. The van der Waals surface area contributed by atoms with Gasteiger partial charge in [0.2, 0.25) is 5.91 Å². The molecule has 0 spiro atoms. The van der Waals surface area contributed by atoms with E-state index in [9.17, 15) is 24.0 Å². The Morgan fingerprint density at radius 3 is 2.65 bits per heavy atom. The number of amides is 2. The molecule has 11 heteroatoms. The molecule has 2 amide bonds. The average molecular weight is 566 g/mol. The lowest BCUT2D eigenvalue weighted by Gasteiger charge is -2.38. The first-order valence-corrected chi connectivity index (χ1v) is 13.1. The van der Waals surface area contributed by atoms with Gasteiger partial charge in [0.05, 0.1) is 34.3 Å². The maximum atomic E-state index is 14.0. The Balaban J connectivity index is 1.53. The zero-order valence-electron chi connectivity index (χ0n) is 22.5. The van der Waals surface area contributed by atoms with E-state index in [2.05, 4.69) is 21.6 Å². The zero-order valence-corrected chi connectivity index (χ0v) is 23.3. The van der Waals surface area contributed by atoms with E-state index in [1.165, 1.54) is 36.4 Å². The Labute approximate surface area is 235 Å². The van der Waals surface area contributed by atoms with Crippen LogP contribution in [0.3, 0.4) is 0 Å². The van der Waals surface area contributed by atoms with E-state index < -0.39 is 40.8 Å². The van der Waals surface area contributed by atoms with Crippen LogP contribution in [0, 0.1) is 29.5 Å². The third kappa shape index (κ3) is 6.00. The van der Waals surface area contributed by atoms with Crippen molar-refractivity contribution >= 4 is 23.4 Å². The summed E-state index contributed by atoms with van der Waals surface area (Å²) in [4.78, 5) is 40.4. The predicted octanol–water partition coefficient (Wildman–Crippen LogP) is 5.06. The fraction of sp³-hybridized carbons (Fsp3) is 0.345. The minimum atomic E-state index is -0.952. The summed E-state index contributed by atoms with van der Waals surface area (Å²) in [5.41, 5.74) is -0.0482. The van der Waals surface area contributed by atoms with Gasteiger partial charge in [0, 0.05) is 11.6 Å². The van der Waals surface area contributed by atoms with Crippen LogP contribution in [0.2, 0.25) is 5.02 Å². The van der Waals surface area contributed by atoms with Crippen molar-refractivity contribution in [3.63, 3.8) is 0 Å². The number of aromatic nitrogens is 2. The zero-order chi connectivity index (χ0) is 29.2. The third-order valence-electron chi connectivity index (χ3n) is 7.02. The van der Waals surface area contributed by atoms with E-state index in [1.807, 2.05) is 0 Å². The lowest BCUT2D eigenvalue weighted by Crippen LogP contribution is -2.52. The lowest BCUT2D eigenvalue weighted by molar-refractivity contribution is -0.137. The van der Waals surface area contributed by atoms with Gasteiger partial charge < -0.3 is 15.0 Å². The molecular weight excluding hydrogens is 537 g/mol. The highest BCUT2D eigenvalue weighted by Gasteiger charge is 2.46. The molecule has 4 rings (SSSR count). The summed E-state index contributed by atoms with van der Waals surface area (Å²) in [6.07, 6.45) is 1.12. The summed E-state index contributed by atoms with van der Waals surface area (Å²) in [7, 11) is 0. The number of nitrogens with zero attached hydrogens (tertiary/aromatic N) is 3. The van der Waals surface area contributed by atoms with Crippen molar-refractivity contribution in [2.75, 3.05) is 0 Å². The molecular formula is C29H29ClFN5O4. The van der Waals surface area contributed by atoms with Gasteiger partial charge in [-0.05, 0) is 76.4 Å². The second-order valence-corrected chi connectivity index (χ2v) is 10.8. The SMILES string of the molecule is Cc1cc(Oc2ccc(C(=O)NC(C)C(=O)N3[C@H](c4cccc(F)c4)CC[C@@H]3C(C)(C)C#N)cc2Cl)c(=O)[nH]n1. The highest BCUT2D eigenvalue weighted by Crippen LogP contribution is 2.43. The Morgan fingerprint density at radius 1 is 1.23 bits per heavy atom. The van der Waals surface area contributed by atoms with Gasteiger partial charge >= 0.3 is 5.56 Å². The van der Waals surface area contributed by atoms with Crippen molar-refractivity contribution in [2.24, 2.45) is 5.41 Å². The van der Waals surface area contributed by atoms with E-state index in [0.717, 1.165) is 0 Å². The molecule has 0 radical (unpaired) electrons. The number of aryl methyl sites for hydroxylation is 1. The molecule has 1 unspecified atom stereocenters. The van der Waals surface area contributed by atoms with E-state index in [-0.39, 0.29) is 28.0 Å². The molecule has 2 aromatic carbocycles. The second-order valence-electron chi connectivity index (χ2n) is 10.4. The number of aromatic amines is 1. The number of carbonyl (C=O) groups is 2. The van der Waals surface area contributed by atoms with Crippen molar-refractivity contribution in [3.05, 3.63) is 86.5 Å². The summed E-state index contributed by atoms with van der Waals surface area (Å²) in [6.45, 7) is 6.78. The molecule has 0 saturated carbocycles. The molecule has 208 valence electrons. The quantitative estimate of drug-likeness (QED) is 0.412. The van der Waals surface area contributed by atoms with Crippen molar-refractivity contribution in [2.45, 2.75) is 58.7 Å². The number of halogens is 2. The Kier molecular flexibility index (Phi) is 8.26. The van der Waals surface area contributed by atoms with Crippen LogP contribution in [0.15, 0.2) is 53.3 Å². The van der Waals surface area contributed by atoms with Crippen molar-refractivity contribution < 1.29 is 18.7 Å². The van der Waals surface area contributed by atoms with Gasteiger partial charge in [-0.25, -0.2) is 9.49 Å². The van der Waals surface area contributed by atoms with Crippen LogP contribution < -0.4 is 15.6 Å². The fourth-order valence-electron chi connectivity index (χ4n) is 4.91. The molecule has 1 aromatic heterocycles. The van der Waals surface area contributed by atoms with E-state index in [1.54, 1.807) is 44.7 Å². The monoisotopic (exact) mass is 565 g/mol. The normalized spacial score (nSPS) is 17.7. The van der Waals surface area contributed by atoms with Crippen LogP contribution in [0.1, 0.15) is 61.3 Å². The Hall–Kier alpha value is -4.23. The minimum Gasteiger partial charge on any atom is -0.450 e. The molecule has 3 aromatic rings. The summed E-state index contributed by atoms with van der Waals surface area (Å²) in [5, 5.41) is 18.7. The average Bonchev–Trinajstić information content (AvgIpc) is 3.37. The third-order valence-corrected chi connectivity index (χ3v) is 7.32. The number of carbonyl (C=O) groups excluding carboxylic acids is 2. The standard InChI is InChI=1S/C29H29ClFN5O4/c1-16-12-24(27(38)35-34-16)40-23-10-8-19(14-21(23)30)26(37)33-17(2)28(39)36-22(18-6-5-7-20(31)13-18)9-11-25(36)29(3,4)15-32/h5-8,10,12-14,17,22,25H,9,11H2,1-4H3,(H,33,37)(H,35,38)/t17?,22-,25+/m0/s1. The summed E-state index contributed by atoms with van der Waals surface area (Å²) >= 11 is 6.33. The molecule has 1 fully saturated rings. The molecule has 9 nitrogen and oxygen atoms in total. The first-order valence-electron chi connectivity index (χ1n) is 12.7. The molecule has 40 heavy (non-hydrogen) atoms. The molecule has 2 heterocycles. The number of hydrogen-bond donors (Lipinski definition) is 2. The maximum Gasteiger partial charge on any atom is 0.307 e. The lowest BCUT2D eigenvalue weighted by atomic mass is 9.84. The van der Waals surface area contributed by atoms with Gasteiger partial charge in [0.25, 0.3) is 5.91 Å². The number of likely N-dealkylation sites (tertiary alicyclic amines) is 1. The molecule has 0 aliphatic carbocycles. The van der Waals surface area contributed by atoms with Gasteiger partial charge in [-0.3, -0.25) is 14.4 Å². The van der Waals surface area contributed by atoms with Crippen molar-refractivity contribution in [1.29, 1.82) is 5.26 Å². The van der Waals surface area contributed by atoms with Gasteiger partial charge in [0.1, 0.15) is 17.6 Å². The van der Waals surface area contributed by atoms with Crippen LogP contribution in [0.5, 0.6) is 11.5 Å². The molecule has 1 aliphatic heterocycles. The summed E-state index contributed by atoms with van der Waals surface area (Å²) in [5.74, 6) is -1.19. The number of nitriles is 1. The van der Waals surface area contributed by atoms with Gasteiger partial charge in [-0.15, -0.1) is 0 Å². The highest BCUT2D eigenvalue weighted by atomic mass is 35.5. The minimum absolute atomic E-state index is 0.000803. The Morgan fingerprint density at radius 2 is 1.98 bits per heavy atom. The molecule has 3 atom stereocenters. The van der Waals surface area contributed by atoms with E-state index in [4.69, 9.17) is 16.3 Å². The van der Waals surface area contributed by atoms with E-state index >= 15 is 0 Å². The maximum absolute atomic E-state index is 14.0. The first kappa shape index (κ1) is 28.8. The predicted molar refractivity (Wildman–Crippen MR) is 146 cm³/mol. The van der Waals surface area contributed by atoms with E-state index in [0.29, 0.717) is 24.1 Å². The summed E-state index contributed by atoms with van der Waals surface area (Å²) < 4.78 is 19.6.